The van der Waals surface area contributed by atoms with Crippen molar-refractivity contribution in [2.75, 3.05) is 46.4 Å². The van der Waals surface area contributed by atoms with Crippen molar-refractivity contribution in [1.82, 2.24) is 9.80 Å². The van der Waals surface area contributed by atoms with E-state index in [2.05, 4.69) is 4.90 Å². The maximum atomic E-state index is 12.4. The van der Waals surface area contributed by atoms with Crippen LogP contribution in [0.15, 0.2) is 0 Å². The van der Waals surface area contributed by atoms with Crippen LogP contribution in [-0.4, -0.2) is 73.7 Å². The number of hydrogen-bond donors (Lipinski definition) is 0. The number of likely N-dealkylation sites (tertiary alicyclic amines) is 1. The molecule has 0 spiro atoms. The number of hydrogen-bond acceptors (Lipinski definition) is 5. The van der Waals surface area contributed by atoms with Crippen molar-refractivity contribution < 1.29 is 19.1 Å². The van der Waals surface area contributed by atoms with E-state index in [0.29, 0.717) is 39.1 Å². The second-order valence-electron chi connectivity index (χ2n) is 6.50. The fourth-order valence-corrected chi connectivity index (χ4v) is 3.07. The zero-order chi connectivity index (χ0) is 15.5. The first-order chi connectivity index (χ1) is 9.91. The van der Waals surface area contributed by atoms with Gasteiger partial charge in [0.25, 0.3) is 0 Å². The molecule has 21 heavy (non-hydrogen) atoms. The summed E-state index contributed by atoms with van der Waals surface area (Å²) in [5.41, 5.74) is -0.184. The normalized spacial score (nSPS) is 23.9. The van der Waals surface area contributed by atoms with Crippen molar-refractivity contribution in [2.24, 2.45) is 5.92 Å². The van der Waals surface area contributed by atoms with Crippen LogP contribution in [0.1, 0.15) is 26.7 Å². The maximum absolute atomic E-state index is 12.4. The summed E-state index contributed by atoms with van der Waals surface area (Å²) < 4.78 is 10.4. The average molecular weight is 298 g/mol. The van der Waals surface area contributed by atoms with Crippen molar-refractivity contribution in [3.63, 3.8) is 0 Å². The fraction of sp³-hybridized carbons (Fsp3) is 0.867. The largest absolute Gasteiger partial charge is 0.469 e. The lowest BCUT2D eigenvalue weighted by Gasteiger charge is -2.39. The van der Waals surface area contributed by atoms with Crippen molar-refractivity contribution in [2.45, 2.75) is 32.3 Å². The highest BCUT2D eigenvalue weighted by Gasteiger charge is 2.31. The molecule has 1 amide bonds. The van der Waals surface area contributed by atoms with Gasteiger partial charge >= 0.3 is 5.97 Å². The van der Waals surface area contributed by atoms with E-state index in [4.69, 9.17) is 9.47 Å². The third-order valence-electron chi connectivity index (χ3n) is 4.25. The molecule has 2 aliphatic rings. The van der Waals surface area contributed by atoms with Gasteiger partial charge in [0.1, 0.15) is 0 Å². The summed E-state index contributed by atoms with van der Waals surface area (Å²) >= 11 is 0. The van der Waals surface area contributed by atoms with Crippen LogP contribution in [0.25, 0.3) is 0 Å². The topological polar surface area (TPSA) is 59.1 Å². The van der Waals surface area contributed by atoms with Gasteiger partial charge in [0.05, 0.1) is 31.8 Å². The Bertz CT molecular complexity index is 389. The molecular formula is C15H26N2O4. The molecule has 0 atom stereocenters. The van der Waals surface area contributed by atoms with Crippen molar-refractivity contribution in [3.05, 3.63) is 0 Å². The summed E-state index contributed by atoms with van der Waals surface area (Å²) in [5, 5.41) is 0. The molecule has 0 aliphatic carbocycles. The average Bonchev–Trinajstić information content (AvgIpc) is 2.45. The molecule has 2 saturated heterocycles. The lowest BCUT2D eigenvalue weighted by molar-refractivity contribution is -0.149. The van der Waals surface area contributed by atoms with Gasteiger partial charge in [0.15, 0.2) is 0 Å². The maximum Gasteiger partial charge on any atom is 0.308 e. The molecule has 2 aliphatic heterocycles. The molecule has 2 fully saturated rings. The summed E-state index contributed by atoms with van der Waals surface area (Å²) in [5.74, 6) is -0.0607. The Labute approximate surface area is 126 Å². The predicted molar refractivity (Wildman–Crippen MR) is 77.8 cm³/mol. The van der Waals surface area contributed by atoms with E-state index in [1.54, 1.807) is 0 Å². The molecule has 0 unspecified atom stereocenters. The minimum atomic E-state index is -0.184. The molecule has 0 aromatic carbocycles. The van der Waals surface area contributed by atoms with Crippen molar-refractivity contribution in [3.8, 4) is 0 Å². The lowest BCUT2D eigenvalue weighted by Crippen LogP contribution is -2.52. The first-order valence-corrected chi connectivity index (χ1v) is 7.63. The number of morpholine rings is 1. The molecular weight excluding hydrogens is 272 g/mol. The van der Waals surface area contributed by atoms with Crippen LogP contribution < -0.4 is 0 Å². The second-order valence-corrected chi connectivity index (χ2v) is 6.50. The van der Waals surface area contributed by atoms with E-state index in [1.165, 1.54) is 7.11 Å². The van der Waals surface area contributed by atoms with E-state index in [1.807, 2.05) is 18.7 Å². The highest BCUT2D eigenvalue weighted by atomic mass is 16.5. The summed E-state index contributed by atoms with van der Waals surface area (Å²) in [6.07, 6.45) is 1.40. The van der Waals surface area contributed by atoms with E-state index < -0.39 is 0 Å². The number of ether oxygens (including phenoxy) is 2. The minimum absolute atomic E-state index is 0.0543. The Balaban J connectivity index is 1.78. The number of carbonyl (C=O) groups excluding carboxylic acids is 2. The van der Waals surface area contributed by atoms with Gasteiger partial charge in [-0.1, -0.05) is 0 Å². The number of nitrogens with zero attached hydrogens (tertiary/aromatic N) is 2. The van der Waals surface area contributed by atoms with Gasteiger partial charge in [-0.3, -0.25) is 14.5 Å². The lowest BCUT2D eigenvalue weighted by atomic mass is 9.97. The minimum Gasteiger partial charge on any atom is -0.469 e. The van der Waals surface area contributed by atoms with Gasteiger partial charge < -0.3 is 14.4 Å². The predicted octanol–water partition coefficient (Wildman–Crippen LogP) is 0.509. The van der Waals surface area contributed by atoms with Gasteiger partial charge in [-0.25, -0.2) is 0 Å². The molecule has 0 saturated carbocycles. The molecule has 0 aromatic rings. The van der Waals surface area contributed by atoms with Gasteiger partial charge in [-0.05, 0) is 26.7 Å². The highest BCUT2D eigenvalue weighted by molar-refractivity contribution is 5.79. The highest BCUT2D eigenvalue weighted by Crippen LogP contribution is 2.20. The molecule has 0 N–H and O–H groups in total. The Morgan fingerprint density at radius 3 is 2.48 bits per heavy atom. The third-order valence-corrected chi connectivity index (χ3v) is 4.25. The standard InChI is InChI=1S/C15H26N2O4/c1-15(2)11-16(8-9-21-15)10-13(18)17-6-4-12(5-7-17)14(19)20-3/h12H,4-11H2,1-3H3. The van der Waals surface area contributed by atoms with Crippen molar-refractivity contribution in [1.29, 1.82) is 0 Å². The first kappa shape index (κ1) is 16.2. The van der Waals surface area contributed by atoms with Crippen LogP contribution in [0.2, 0.25) is 0 Å². The number of amides is 1. The SMILES string of the molecule is COC(=O)C1CCN(C(=O)CN2CCOC(C)(C)C2)CC1. The second kappa shape index (κ2) is 6.75. The van der Waals surface area contributed by atoms with Crippen LogP contribution in [0.3, 0.4) is 0 Å². The van der Waals surface area contributed by atoms with E-state index in [-0.39, 0.29) is 23.4 Å². The number of rotatable bonds is 3. The molecule has 6 nitrogen and oxygen atoms in total. The van der Waals surface area contributed by atoms with Gasteiger partial charge in [0, 0.05) is 26.2 Å². The Kier molecular flexibility index (Phi) is 5.22. The number of methoxy groups -OCH3 is 1. The smallest absolute Gasteiger partial charge is 0.308 e. The molecule has 0 radical (unpaired) electrons. The Morgan fingerprint density at radius 1 is 1.24 bits per heavy atom. The van der Waals surface area contributed by atoms with E-state index >= 15 is 0 Å². The van der Waals surface area contributed by atoms with Gasteiger partial charge in [-0.2, -0.15) is 0 Å². The monoisotopic (exact) mass is 298 g/mol. The van der Waals surface area contributed by atoms with Gasteiger partial charge in [0.2, 0.25) is 5.91 Å². The molecule has 2 heterocycles. The zero-order valence-electron chi connectivity index (χ0n) is 13.3. The quantitative estimate of drug-likeness (QED) is 0.711. The number of esters is 1. The van der Waals surface area contributed by atoms with Crippen LogP contribution >= 0.6 is 0 Å². The summed E-state index contributed by atoms with van der Waals surface area (Å²) in [6, 6.07) is 0. The van der Waals surface area contributed by atoms with Crippen LogP contribution in [0, 0.1) is 5.92 Å². The van der Waals surface area contributed by atoms with Crippen LogP contribution in [-0.2, 0) is 19.1 Å². The molecule has 0 bridgehead atoms. The molecule has 120 valence electrons. The Hall–Kier alpha value is -1.14. The number of carbonyl (C=O) groups is 2. The summed E-state index contributed by atoms with van der Waals surface area (Å²) in [6.45, 7) is 8.07. The van der Waals surface area contributed by atoms with E-state index in [9.17, 15) is 9.59 Å². The molecule has 6 heteroatoms. The van der Waals surface area contributed by atoms with Crippen LogP contribution in [0.5, 0.6) is 0 Å². The van der Waals surface area contributed by atoms with Gasteiger partial charge in [-0.15, -0.1) is 0 Å². The zero-order valence-corrected chi connectivity index (χ0v) is 13.3. The summed E-state index contributed by atoms with van der Waals surface area (Å²) in [4.78, 5) is 27.8. The third kappa shape index (κ3) is 4.41. The number of piperidine rings is 1. The summed E-state index contributed by atoms with van der Waals surface area (Å²) in [7, 11) is 1.42. The van der Waals surface area contributed by atoms with Crippen LogP contribution in [0.4, 0.5) is 0 Å². The first-order valence-electron chi connectivity index (χ1n) is 7.63. The molecule has 0 aromatic heterocycles. The fourth-order valence-electron chi connectivity index (χ4n) is 3.07. The van der Waals surface area contributed by atoms with E-state index in [0.717, 1.165) is 13.1 Å². The Morgan fingerprint density at radius 2 is 1.90 bits per heavy atom. The molecule has 2 rings (SSSR count). The van der Waals surface area contributed by atoms with Crippen molar-refractivity contribution >= 4 is 11.9 Å².